The van der Waals surface area contributed by atoms with Crippen LogP contribution in [0.15, 0.2) is 12.2 Å². The van der Waals surface area contributed by atoms with Crippen molar-refractivity contribution in [3.05, 3.63) is 12.2 Å². The Balaban J connectivity index is 3.33. The molecule has 0 atom stereocenters. The van der Waals surface area contributed by atoms with Gasteiger partial charge < -0.3 is 15.4 Å². The molecule has 0 fully saturated rings. The molecule has 0 saturated carbocycles. The van der Waals surface area contributed by atoms with Gasteiger partial charge in [-0.2, -0.15) is 0 Å². The maximum Gasteiger partial charge on any atom is 0.243 e. The van der Waals surface area contributed by atoms with E-state index < -0.39 is 0 Å². The van der Waals surface area contributed by atoms with Crippen LogP contribution in [0, 0.1) is 5.92 Å². The monoisotopic (exact) mass is 242 g/mol. The Morgan fingerprint density at radius 3 is 2.29 bits per heavy atom. The van der Waals surface area contributed by atoms with Crippen LogP contribution in [-0.2, 0) is 14.3 Å². The summed E-state index contributed by atoms with van der Waals surface area (Å²) in [6.45, 7) is 7.35. The van der Waals surface area contributed by atoms with Crippen molar-refractivity contribution in [3.63, 3.8) is 0 Å². The minimum atomic E-state index is -0.107. The van der Waals surface area contributed by atoms with Crippen molar-refractivity contribution in [1.82, 2.24) is 10.6 Å². The zero-order chi connectivity index (χ0) is 13.1. The van der Waals surface area contributed by atoms with E-state index in [0.29, 0.717) is 32.2 Å². The van der Waals surface area contributed by atoms with Crippen LogP contribution in [-0.4, -0.2) is 38.1 Å². The number of amides is 2. The summed E-state index contributed by atoms with van der Waals surface area (Å²) in [6.07, 6.45) is 3.37. The van der Waals surface area contributed by atoms with Crippen LogP contribution in [0.5, 0.6) is 0 Å². The van der Waals surface area contributed by atoms with E-state index in [1.807, 2.05) is 19.9 Å². The molecule has 17 heavy (non-hydrogen) atoms. The van der Waals surface area contributed by atoms with Crippen molar-refractivity contribution < 1.29 is 14.3 Å². The molecule has 0 rings (SSSR count). The molecule has 0 aliphatic rings. The minimum Gasteiger partial charge on any atom is -0.378 e. The Labute approximate surface area is 103 Å². The maximum absolute atomic E-state index is 11.2. The smallest absolute Gasteiger partial charge is 0.243 e. The molecule has 0 saturated heterocycles. The molecule has 0 bridgehead atoms. The van der Waals surface area contributed by atoms with Gasteiger partial charge in [0.2, 0.25) is 11.8 Å². The summed E-state index contributed by atoms with van der Waals surface area (Å²) >= 11 is 0. The molecule has 0 aromatic heterocycles. The van der Waals surface area contributed by atoms with Crippen LogP contribution in [0.2, 0.25) is 0 Å². The lowest BCUT2D eigenvalue weighted by Gasteiger charge is -2.05. The summed E-state index contributed by atoms with van der Waals surface area (Å²) in [4.78, 5) is 21.7. The zero-order valence-electron chi connectivity index (χ0n) is 10.8. The van der Waals surface area contributed by atoms with Gasteiger partial charge in [0.15, 0.2) is 0 Å². The molecular formula is C12H22N2O3. The van der Waals surface area contributed by atoms with E-state index in [-0.39, 0.29) is 11.8 Å². The number of hydrogen-bond donors (Lipinski definition) is 2. The average molecular weight is 242 g/mol. The Morgan fingerprint density at radius 1 is 1.18 bits per heavy atom. The van der Waals surface area contributed by atoms with Gasteiger partial charge in [-0.3, -0.25) is 9.59 Å². The Morgan fingerprint density at radius 2 is 1.76 bits per heavy atom. The SMILES string of the molecule is CC(=O)NCCOCCNC(=O)/C=C/C(C)C. The molecule has 5 heteroatoms. The normalized spacial score (nSPS) is 10.8. The summed E-state index contributed by atoms with van der Waals surface area (Å²) in [7, 11) is 0. The summed E-state index contributed by atoms with van der Waals surface area (Å²) < 4.78 is 5.21. The third kappa shape index (κ3) is 12.6. The number of carbonyl (C=O) groups excluding carboxylic acids is 2. The van der Waals surface area contributed by atoms with Crippen molar-refractivity contribution in [2.45, 2.75) is 20.8 Å². The van der Waals surface area contributed by atoms with Gasteiger partial charge in [-0.15, -0.1) is 0 Å². The van der Waals surface area contributed by atoms with Gasteiger partial charge in [0.1, 0.15) is 0 Å². The summed E-state index contributed by atoms with van der Waals surface area (Å²) in [5, 5.41) is 5.32. The van der Waals surface area contributed by atoms with E-state index in [2.05, 4.69) is 10.6 Å². The second kappa shape index (κ2) is 9.84. The lowest BCUT2D eigenvalue weighted by molar-refractivity contribution is -0.119. The lowest BCUT2D eigenvalue weighted by Crippen LogP contribution is -2.28. The standard InChI is InChI=1S/C12H22N2O3/c1-10(2)4-5-12(16)14-7-9-17-8-6-13-11(3)15/h4-5,10H,6-9H2,1-3H3,(H,13,15)(H,14,16)/b5-4+. The summed E-state index contributed by atoms with van der Waals surface area (Å²) in [6, 6.07) is 0. The number of carbonyl (C=O) groups is 2. The number of nitrogens with one attached hydrogen (secondary N) is 2. The average Bonchev–Trinajstić information content (AvgIpc) is 2.24. The minimum absolute atomic E-state index is 0.0688. The molecule has 0 heterocycles. The van der Waals surface area contributed by atoms with Crippen LogP contribution in [0.1, 0.15) is 20.8 Å². The Kier molecular flexibility index (Phi) is 9.05. The number of allylic oxidation sites excluding steroid dienone is 1. The Bertz CT molecular complexity index is 262. The number of ether oxygens (including phenoxy) is 1. The van der Waals surface area contributed by atoms with Crippen molar-refractivity contribution in [2.24, 2.45) is 5.92 Å². The first-order valence-electron chi connectivity index (χ1n) is 5.80. The van der Waals surface area contributed by atoms with Crippen LogP contribution < -0.4 is 10.6 Å². The van der Waals surface area contributed by atoms with Crippen LogP contribution in [0.25, 0.3) is 0 Å². The predicted octanol–water partition coefficient (Wildman–Crippen LogP) is 0.468. The first-order chi connectivity index (χ1) is 8.02. The van der Waals surface area contributed by atoms with Crippen molar-refractivity contribution in [3.8, 4) is 0 Å². The fourth-order valence-electron chi connectivity index (χ4n) is 0.986. The lowest BCUT2D eigenvalue weighted by atomic mass is 10.2. The topological polar surface area (TPSA) is 67.4 Å². The first-order valence-corrected chi connectivity index (χ1v) is 5.80. The van der Waals surface area contributed by atoms with Crippen LogP contribution >= 0.6 is 0 Å². The fourth-order valence-corrected chi connectivity index (χ4v) is 0.986. The second-order valence-electron chi connectivity index (χ2n) is 3.99. The molecule has 0 spiro atoms. The van der Waals surface area contributed by atoms with Gasteiger partial charge in [-0.1, -0.05) is 19.9 Å². The van der Waals surface area contributed by atoms with E-state index >= 15 is 0 Å². The largest absolute Gasteiger partial charge is 0.378 e. The maximum atomic E-state index is 11.2. The molecule has 5 nitrogen and oxygen atoms in total. The molecule has 0 radical (unpaired) electrons. The summed E-state index contributed by atoms with van der Waals surface area (Å²) in [5.41, 5.74) is 0. The molecular weight excluding hydrogens is 220 g/mol. The third-order valence-corrected chi connectivity index (χ3v) is 1.80. The third-order valence-electron chi connectivity index (χ3n) is 1.80. The van der Waals surface area contributed by atoms with Gasteiger partial charge in [-0.05, 0) is 12.0 Å². The molecule has 0 unspecified atom stereocenters. The summed E-state index contributed by atoms with van der Waals surface area (Å²) in [5.74, 6) is 0.194. The zero-order valence-corrected chi connectivity index (χ0v) is 10.8. The highest BCUT2D eigenvalue weighted by atomic mass is 16.5. The highest BCUT2D eigenvalue weighted by molar-refractivity contribution is 5.87. The van der Waals surface area contributed by atoms with Crippen molar-refractivity contribution in [2.75, 3.05) is 26.3 Å². The number of hydrogen-bond acceptors (Lipinski definition) is 3. The van der Waals surface area contributed by atoms with Crippen molar-refractivity contribution >= 4 is 11.8 Å². The predicted molar refractivity (Wildman–Crippen MR) is 66.5 cm³/mol. The van der Waals surface area contributed by atoms with E-state index in [4.69, 9.17) is 4.74 Å². The molecule has 0 aliphatic carbocycles. The Hall–Kier alpha value is -1.36. The van der Waals surface area contributed by atoms with Gasteiger partial charge in [-0.25, -0.2) is 0 Å². The van der Waals surface area contributed by atoms with E-state index in [0.717, 1.165) is 0 Å². The fraction of sp³-hybridized carbons (Fsp3) is 0.667. The molecule has 0 aliphatic heterocycles. The molecule has 0 aromatic rings. The van der Waals surface area contributed by atoms with Crippen molar-refractivity contribution in [1.29, 1.82) is 0 Å². The van der Waals surface area contributed by atoms with Crippen LogP contribution in [0.4, 0.5) is 0 Å². The van der Waals surface area contributed by atoms with Gasteiger partial charge in [0, 0.05) is 20.0 Å². The number of rotatable bonds is 8. The molecule has 2 N–H and O–H groups in total. The highest BCUT2D eigenvalue weighted by Gasteiger charge is 1.95. The quantitative estimate of drug-likeness (QED) is 0.480. The van der Waals surface area contributed by atoms with Crippen LogP contribution in [0.3, 0.4) is 0 Å². The van der Waals surface area contributed by atoms with E-state index in [9.17, 15) is 9.59 Å². The van der Waals surface area contributed by atoms with Gasteiger partial charge in [0.25, 0.3) is 0 Å². The van der Waals surface area contributed by atoms with E-state index in [1.165, 1.54) is 13.0 Å². The van der Waals surface area contributed by atoms with Gasteiger partial charge in [0.05, 0.1) is 13.2 Å². The molecule has 98 valence electrons. The second-order valence-corrected chi connectivity index (χ2v) is 3.99. The molecule has 2 amide bonds. The highest BCUT2D eigenvalue weighted by Crippen LogP contribution is 1.92. The van der Waals surface area contributed by atoms with E-state index in [1.54, 1.807) is 0 Å². The van der Waals surface area contributed by atoms with Gasteiger partial charge >= 0.3 is 0 Å². The first kappa shape index (κ1) is 15.6. The molecule has 0 aromatic carbocycles.